The van der Waals surface area contributed by atoms with Crippen LogP contribution in [-0.4, -0.2) is 120 Å². The van der Waals surface area contributed by atoms with Crippen molar-refractivity contribution in [2.24, 2.45) is 11.8 Å². The molecule has 4 aliphatic heterocycles. The molecule has 13 nitrogen and oxygen atoms in total. The summed E-state index contributed by atoms with van der Waals surface area (Å²) in [5, 5.41) is 4.34. The van der Waals surface area contributed by atoms with Gasteiger partial charge in [0.2, 0.25) is 5.88 Å². The molecule has 13 heteroatoms. The molecule has 304 valence electrons. The third-order valence-corrected chi connectivity index (χ3v) is 12.9. The van der Waals surface area contributed by atoms with E-state index in [1.165, 1.54) is 7.11 Å². The number of carbonyl (C=O) groups is 2. The van der Waals surface area contributed by atoms with Crippen molar-refractivity contribution in [3.8, 4) is 5.88 Å². The SMILES string of the molecule is COC(=O)C(c1cc(N2CCC(C(C)(C)N3CCC(OC4CC(Oc5cc(N6C7CCC6CN(C(=O)OC(C)(C)C)C7)ccn5)C4)CC3)CC2)no1)C(C)C. The molecule has 5 aliphatic rings. The van der Waals surface area contributed by atoms with Gasteiger partial charge in [0.25, 0.3) is 0 Å². The number of likely N-dealkylation sites (tertiary alicyclic amines) is 2. The van der Waals surface area contributed by atoms with Crippen molar-refractivity contribution in [3.63, 3.8) is 0 Å². The monoisotopic (exact) mass is 764 g/mol. The zero-order chi connectivity index (χ0) is 39.1. The van der Waals surface area contributed by atoms with E-state index in [1.807, 2.05) is 51.8 Å². The van der Waals surface area contributed by atoms with E-state index in [2.05, 4.69) is 50.8 Å². The van der Waals surface area contributed by atoms with Gasteiger partial charge in [-0.3, -0.25) is 9.69 Å². The summed E-state index contributed by atoms with van der Waals surface area (Å²) in [7, 11) is 1.42. The van der Waals surface area contributed by atoms with Crippen LogP contribution in [0.15, 0.2) is 28.9 Å². The fourth-order valence-electron chi connectivity index (χ4n) is 9.65. The molecule has 0 spiro atoms. The molecule has 3 atom stereocenters. The molecule has 5 fully saturated rings. The minimum Gasteiger partial charge on any atom is -0.474 e. The average Bonchev–Trinajstić information content (AvgIpc) is 3.71. The Morgan fingerprint density at radius 2 is 1.55 bits per heavy atom. The first-order chi connectivity index (χ1) is 26.2. The van der Waals surface area contributed by atoms with E-state index < -0.39 is 11.5 Å². The number of pyridine rings is 1. The molecular formula is C42H64N6O7. The van der Waals surface area contributed by atoms with Crippen molar-refractivity contribution in [1.82, 2.24) is 19.9 Å². The van der Waals surface area contributed by atoms with Gasteiger partial charge >= 0.3 is 12.1 Å². The second-order valence-corrected chi connectivity index (χ2v) is 18.4. The molecule has 0 radical (unpaired) electrons. The van der Waals surface area contributed by atoms with Gasteiger partial charge in [0.1, 0.15) is 17.6 Å². The topological polar surface area (TPSA) is 123 Å². The first-order valence-corrected chi connectivity index (χ1v) is 20.8. The van der Waals surface area contributed by atoms with Gasteiger partial charge in [-0.05, 0) is 91.0 Å². The number of ether oxygens (including phenoxy) is 4. The molecular weight excluding hydrogens is 700 g/mol. The Hall–Kier alpha value is -3.58. The lowest BCUT2D eigenvalue weighted by Crippen LogP contribution is -2.56. The van der Waals surface area contributed by atoms with Crippen LogP contribution in [0, 0.1) is 11.8 Å². The number of aromatic nitrogens is 2. The fourth-order valence-corrected chi connectivity index (χ4v) is 9.65. The van der Waals surface area contributed by atoms with Crippen LogP contribution in [0.2, 0.25) is 0 Å². The summed E-state index contributed by atoms with van der Waals surface area (Å²) in [6.07, 6.45) is 10.5. The van der Waals surface area contributed by atoms with Crippen molar-refractivity contribution in [2.45, 2.75) is 147 Å². The molecule has 0 N–H and O–H groups in total. The number of piperidine rings is 2. The van der Waals surface area contributed by atoms with Gasteiger partial charge in [-0.25, -0.2) is 9.78 Å². The Bertz CT molecular complexity index is 1610. The first kappa shape index (κ1) is 39.6. The Kier molecular flexibility index (Phi) is 11.6. The van der Waals surface area contributed by atoms with Gasteiger partial charge < -0.3 is 38.2 Å². The lowest BCUT2D eigenvalue weighted by atomic mass is 9.78. The van der Waals surface area contributed by atoms with Gasteiger partial charge in [-0.15, -0.1) is 0 Å². The van der Waals surface area contributed by atoms with Crippen LogP contribution in [0.5, 0.6) is 5.88 Å². The fraction of sp³-hybridized carbons (Fsp3) is 0.762. The maximum absolute atomic E-state index is 12.8. The van der Waals surface area contributed by atoms with E-state index >= 15 is 0 Å². The summed E-state index contributed by atoms with van der Waals surface area (Å²) in [5.74, 6) is 1.96. The Morgan fingerprint density at radius 3 is 2.16 bits per heavy atom. The third kappa shape index (κ3) is 8.87. The Morgan fingerprint density at radius 1 is 0.873 bits per heavy atom. The van der Waals surface area contributed by atoms with Gasteiger partial charge in [-0.2, -0.15) is 0 Å². The molecule has 0 aromatic carbocycles. The predicted molar refractivity (Wildman–Crippen MR) is 210 cm³/mol. The summed E-state index contributed by atoms with van der Waals surface area (Å²) in [6.45, 7) is 19.8. The number of rotatable bonds is 11. The van der Waals surface area contributed by atoms with E-state index in [-0.39, 0.29) is 53.9 Å². The molecule has 3 unspecified atom stereocenters. The maximum Gasteiger partial charge on any atom is 0.410 e. The van der Waals surface area contributed by atoms with Crippen LogP contribution in [0.1, 0.15) is 112 Å². The predicted octanol–water partition coefficient (Wildman–Crippen LogP) is 6.66. The molecule has 2 aromatic heterocycles. The van der Waals surface area contributed by atoms with Crippen LogP contribution in [0.3, 0.4) is 0 Å². The Labute approximate surface area is 327 Å². The van der Waals surface area contributed by atoms with E-state index in [4.69, 9.17) is 23.5 Å². The molecule has 2 bridgehead atoms. The van der Waals surface area contributed by atoms with E-state index in [9.17, 15) is 9.59 Å². The summed E-state index contributed by atoms with van der Waals surface area (Å²) in [6, 6.07) is 6.60. The lowest BCUT2D eigenvalue weighted by molar-refractivity contribution is -0.144. The van der Waals surface area contributed by atoms with Crippen molar-refractivity contribution < 1.29 is 33.1 Å². The number of fused-ring (bicyclic) bond motifs is 2. The molecule has 1 amide bonds. The summed E-state index contributed by atoms with van der Waals surface area (Å²) in [4.78, 5) is 39.0. The minimum absolute atomic E-state index is 0.0600. The van der Waals surface area contributed by atoms with Crippen LogP contribution in [-0.2, 0) is 19.0 Å². The van der Waals surface area contributed by atoms with Gasteiger partial charge in [0.15, 0.2) is 11.6 Å². The van der Waals surface area contributed by atoms with E-state index in [0.717, 1.165) is 89.1 Å². The third-order valence-electron chi connectivity index (χ3n) is 12.9. The highest BCUT2D eigenvalue weighted by Gasteiger charge is 2.44. The van der Waals surface area contributed by atoms with Gasteiger partial charge in [-0.1, -0.05) is 19.0 Å². The molecule has 4 saturated heterocycles. The number of hydrogen-bond donors (Lipinski definition) is 0. The number of esters is 1. The van der Waals surface area contributed by atoms with Crippen molar-refractivity contribution in [1.29, 1.82) is 0 Å². The number of anilines is 2. The summed E-state index contributed by atoms with van der Waals surface area (Å²) >= 11 is 0. The zero-order valence-corrected chi connectivity index (χ0v) is 34.4. The van der Waals surface area contributed by atoms with Crippen molar-refractivity contribution in [3.05, 3.63) is 30.2 Å². The number of hydrogen-bond acceptors (Lipinski definition) is 12. The highest BCUT2D eigenvalue weighted by molar-refractivity contribution is 5.77. The normalized spacial score (nSPS) is 26.2. The van der Waals surface area contributed by atoms with Crippen LogP contribution in [0.25, 0.3) is 0 Å². The van der Waals surface area contributed by atoms with E-state index in [1.54, 1.807) is 0 Å². The minimum atomic E-state index is -0.494. The highest BCUT2D eigenvalue weighted by Crippen LogP contribution is 2.40. The maximum atomic E-state index is 12.8. The number of methoxy groups -OCH3 is 1. The molecule has 1 aliphatic carbocycles. The largest absolute Gasteiger partial charge is 0.474 e. The van der Waals surface area contributed by atoms with Crippen LogP contribution in [0.4, 0.5) is 16.3 Å². The first-order valence-electron chi connectivity index (χ1n) is 20.8. The van der Waals surface area contributed by atoms with E-state index in [0.29, 0.717) is 30.6 Å². The lowest BCUT2D eigenvalue weighted by Gasteiger charge is -2.50. The Balaban J connectivity index is 0.825. The number of amides is 1. The smallest absolute Gasteiger partial charge is 0.410 e. The number of piperazine rings is 1. The van der Waals surface area contributed by atoms with Crippen LogP contribution >= 0.6 is 0 Å². The molecule has 2 aromatic rings. The average molecular weight is 765 g/mol. The molecule has 55 heavy (non-hydrogen) atoms. The van der Waals surface area contributed by atoms with Gasteiger partial charge in [0.05, 0.1) is 19.3 Å². The quantitative estimate of drug-likeness (QED) is 0.228. The highest BCUT2D eigenvalue weighted by atomic mass is 16.6. The molecule has 1 saturated carbocycles. The van der Waals surface area contributed by atoms with Crippen LogP contribution < -0.4 is 14.5 Å². The summed E-state index contributed by atoms with van der Waals surface area (Å²) in [5.41, 5.74) is 0.725. The zero-order valence-electron chi connectivity index (χ0n) is 34.4. The molecule has 6 heterocycles. The van der Waals surface area contributed by atoms with Gasteiger partial charge in [0, 0.05) is 93.7 Å². The molecule has 7 rings (SSSR count). The van der Waals surface area contributed by atoms with Crippen molar-refractivity contribution >= 4 is 23.6 Å². The number of carbonyl (C=O) groups excluding carboxylic acids is 2. The standard InChI is InChI=1S/C42H64N6O7/c1-27(2)38(39(49)51-8)35-24-36(44-55-35)45-17-12-28(13-18-45)42(6,7)47-19-14-32(15-20-47)52-33-22-34(23-33)53-37-21-29(11-16-43-37)48-30-9-10-31(48)26-46(25-30)40(50)54-41(3,4)5/h11,16,21,24,27-28,30-34,38H,9-10,12-15,17-20,22-23,25-26H2,1-8H3. The second-order valence-electron chi connectivity index (χ2n) is 18.4. The number of nitrogens with zero attached hydrogens (tertiary/aromatic N) is 6. The van der Waals surface area contributed by atoms with Crippen molar-refractivity contribution in [2.75, 3.05) is 56.2 Å². The summed E-state index contributed by atoms with van der Waals surface area (Å²) < 4.78 is 29.3. The second kappa shape index (κ2) is 16.1.